The maximum Gasteiger partial charge on any atom is 0.124 e. The van der Waals surface area contributed by atoms with E-state index in [1.165, 1.54) is 6.42 Å². The maximum absolute atomic E-state index is 4.94. The molecule has 176 valence electrons. The monoisotopic (exact) mass is 462 g/mol. The van der Waals surface area contributed by atoms with Gasteiger partial charge in [-0.3, -0.25) is 0 Å². The van der Waals surface area contributed by atoms with Crippen LogP contribution < -0.4 is 10.6 Å². The molecule has 3 heterocycles. The summed E-state index contributed by atoms with van der Waals surface area (Å²) in [6.07, 6.45) is 3.44. The lowest BCUT2D eigenvalue weighted by Crippen LogP contribution is -2.20. The summed E-state index contributed by atoms with van der Waals surface area (Å²) >= 11 is 0. The highest BCUT2D eigenvalue weighted by atomic mass is 15.0. The Morgan fingerprint density at radius 3 is 2.69 bits per heavy atom. The van der Waals surface area contributed by atoms with Crippen LogP contribution in [0.3, 0.4) is 0 Å². The number of hydrogen-bond donors (Lipinski definition) is 4. The molecule has 1 fully saturated rings. The van der Waals surface area contributed by atoms with Gasteiger partial charge in [0, 0.05) is 16.5 Å². The molecular weight excluding hydrogens is 432 g/mol. The number of fused-ring (bicyclic) bond motifs is 4. The zero-order valence-electron chi connectivity index (χ0n) is 20.2. The zero-order chi connectivity index (χ0) is 23.8. The first-order valence-corrected chi connectivity index (χ1v) is 12.6. The molecule has 1 aliphatic heterocycles. The summed E-state index contributed by atoms with van der Waals surface area (Å²) < 4.78 is 0. The van der Waals surface area contributed by atoms with Gasteiger partial charge in [0.25, 0.3) is 0 Å². The van der Waals surface area contributed by atoms with Gasteiger partial charge in [0.1, 0.15) is 11.6 Å². The fraction of sp³-hybridized carbons (Fsp3) is 0.310. The van der Waals surface area contributed by atoms with Gasteiger partial charge in [-0.05, 0) is 81.1 Å². The van der Waals surface area contributed by atoms with Crippen LogP contribution >= 0.6 is 0 Å². The molecule has 1 aliphatic rings. The van der Waals surface area contributed by atoms with Gasteiger partial charge in [0.2, 0.25) is 0 Å². The largest absolute Gasteiger partial charge is 0.341 e. The minimum absolute atomic E-state index is 0.195. The van der Waals surface area contributed by atoms with Crippen LogP contribution in [0.4, 0.5) is 0 Å². The van der Waals surface area contributed by atoms with Crippen LogP contribution in [0.15, 0.2) is 48.5 Å². The minimum Gasteiger partial charge on any atom is -0.341 e. The number of hydrogen-bond acceptors (Lipinski definition) is 4. The Bertz CT molecular complexity index is 1580. The molecule has 5 aromatic rings. The van der Waals surface area contributed by atoms with Gasteiger partial charge in [-0.25, -0.2) is 9.97 Å². The molecule has 6 heteroatoms. The third-order valence-electron chi connectivity index (χ3n) is 6.84. The molecule has 4 N–H and O–H groups in total. The van der Waals surface area contributed by atoms with Crippen molar-refractivity contribution in [2.24, 2.45) is 0 Å². The molecule has 0 bridgehead atoms. The first-order chi connectivity index (χ1) is 17.2. The normalized spacial score (nSPS) is 16.7. The predicted octanol–water partition coefficient (Wildman–Crippen LogP) is 5.48. The smallest absolute Gasteiger partial charge is 0.124 e. The van der Waals surface area contributed by atoms with Crippen molar-refractivity contribution in [2.45, 2.75) is 45.2 Å². The standard InChI is InChI=1S/C29H30N6/c1-3-14-30-18(2)28-32-23-12-9-20(17-26(23)34-28)7-6-19-8-11-22-21(16-19)10-13-24-27(22)35-29(33-24)25-5-4-15-31-25/h8-13,16-18,25,30-31H,3-5,14-15H2,1-2H3,(H,32,34)(H,33,35). The molecule has 3 aromatic carbocycles. The predicted molar refractivity (Wildman–Crippen MR) is 142 cm³/mol. The second kappa shape index (κ2) is 9.18. The molecule has 2 aromatic heterocycles. The van der Waals surface area contributed by atoms with Crippen LogP contribution in [-0.4, -0.2) is 33.0 Å². The second-order valence-electron chi connectivity index (χ2n) is 9.45. The third kappa shape index (κ3) is 4.29. The van der Waals surface area contributed by atoms with Crippen LogP contribution in [-0.2, 0) is 0 Å². The van der Waals surface area contributed by atoms with E-state index in [4.69, 9.17) is 9.97 Å². The summed E-state index contributed by atoms with van der Waals surface area (Å²) in [7, 11) is 0. The van der Waals surface area contributed by atoms with Crippen LogP contribution in [0.5, 0.6) is 0 Å². The Kier molecular flexibility index (Phi) is 5.73. The topological polar surface area (TPSA) is 81.4 Å². The van der Waals surface area contributed by atoms with Crippen molar-refractivity contribution < 1.29 is 0 Å². The fourth-order valence-electron chi connectivity index (χ4n) is 4.90. The number of benzene rings is 3. The molecule has 0 aliphatic carbocycles. The molecule has 1 saturated heterocycles. The van der Waals surface area contributed by atoms with Crippen LogP contribution in [0.25, 0.3) is 32.8 Å². The zero-order valence-corrected chi connectivity index (χ0v) is 20.2. The van der Waals surface area contributed by atoms with Crippen molar-refractivity contribution in [3.05, 3.63) is 71.3 Å². The Morgan fingerprint density at radius 2 is 1.86 bits per heavy atom. The van der Waals surface area contributed by atoms with Gasteiger partial charge in [-0.2, -0.15) is 0 Å². The van der Waals surface area contributed by atoms with Crippen molar-refractivity contribution in [3.8, 4) is 11.8 Å². The van der Waals surface area contributed by atoms with Crippen molar-refractivity contribution in [1.82, 2.24) is 30.6 Å². The highest BCUT2D eigenvalue weighted by Gasteiger charge is 2.20. The summed E-state index contributed by atoms with van der Waals surface area (Å²) in [5, 5.41) is 9.32. The highest BCUT2D eigenvalue weighted by Crippen LogP contribution is 2.28. The third-order valence-corrected chi connectivity index (χ3v) is 6.84. The Labute approximate surface area is 204 Å². The number of aromatic amines is 2. The first-order valence-electron chi connectivity index (χ1n) is 12.6. The molecule has 35 heavy (non-hydrogen) atoms. The van der Waals surface area contributed by atoms with E-state index in [2.05, 4.69) is 82.7 Å². The SMILES string of the molecule is CCCNC(C)c1nc2ccc(C#Cc3ccc4c(ccc5[nH]c(C6CCCN6)nc54)c3)cc2[nH]1. The van der Waals surface area contributed by atoms with Crippen LogP contribution in [0.2, 0.25) is 0 Å². The van der Waals surface area contributed by atoms with Gasteiger partial charge in [0.15, 0.2) is 0 Å². The molecule has 0 spiro atoms. The van der Waals surface area contributed by atoms with E-state index < -0.39 is 0 Å². The summed E-state index contributed by atoms with van der Waals surface area (Å²) in [5.41, 5.74) is 6.08. The van der Waals surface area contributed by atoms with E-state index >= 15 is 0 Å². The van der Waals surface area contributed by atoms with Crippen LogP contribution in [0, 0.1) is 11.8 Å². The van der Waals surface area contributed by atoms with Crippen molar-refractivity contribution in [2.75, 3.05) is 13.1 Å². The lowest BCUT2D eigenvalue weighted by Gasteiger charge is -2.09. The summed E-state index contributed by atoms with van der Waals surface area (Å²) in [4.78, 5) is 16.6. The average molecular weight is 463 g/mol. The van der Waals surface area contributed by atoms with Gasteiger partial charge >= 0.3 is 0 Å². The van der Waals surface area contributed by atoms with E-state index in [1.54, 1.807) is 0 Å². The van der Waals surface area contributed by atoms with Gasteiger partial charge < -0.3 is 20.6 Å². The van der Waals surface area contributed by atoms with E-state index in [0.717, 1.165) is 81.5 Å². The molecule has 0 radical (unpaired) electrons. The number of nitrogens with one attached hydrogen (secondary N) is 4. The average Bonchev–Trinajstić information content (AvgIpc) is 3.64. The summed E-state index contributed by atoms with van der Waals surface area (Å²) in [6.45, 7) is 6.34. The lowest BCUT2D eigenvalue weighted by molar-refractivity contribution is 0.550. The number of imidazole rings is 2. The van der Waals surface area contributed by atoms with Crippen molar-refractivity contribution >= 4 is 32.8 Å². The number of rotatable bonds is 5. The molecule has 6 rings (SSSR count). The van der Waals surface area contributed by atoms with E-state index in [1.807, 2.05) is 12.1 Å². The van der Waals surface area contributed by atoms with Crippen molar-refractivity contribution in [1.29, 1.82) is 0 Å². The fourth-order valence-corrected chi connectivity index (χ4v) is 4.90. The highest BCUT2D eigenvalue weighted by molar-refractivity contribution is 6.04. The van der Waals surface area contributed by atoms with E-state index in [-0.39, 0.29) is 6.04 Å². The van der Waals surface area contributed by atoms with Crippen molar-refractivity contribution in [3.63, 3.8) is 0 Å². The lowest BCUT2D eigenvalue weighted by atomic mass is 10.1. The Hall–Kier alpha value is -3.66. The number of H-pyrrole nitrogens is 2. The maximum atomic E-state index is 4.94. The molecule has 0 saturated carbocycles. The van der Waals surface area contributed by atoms with Gasteiger partial charge in [-0.1, -0.05) is 30.9 Å². The van der Waals surface area contributed by atoms with Crippen LogP contribution in [0.1, 0.15) is 68.0 Å². The Morgan fingerprint density at radius 1 is 1.00 bits per heavy atom. The molecule has 6 nitrogen and oxygen atoms in total. The van der Waals surface area contributed by atoms with E-state index in [0.29, 0.717) is 6.04 Å². The minimum atomic E-state index is 0.195. The Balaban J connectivity index is 1.27. The number of aromatic nitrogens is 4. The molecular formula is C29H30N6. The molecule has 2 unspecified atom stereocenters. The molecule has 2 atom stereocenters. The molecule has 0 amide bonds. The number of nitrogens with zero attached hydrogens (tertiary/aromatic N) is 2. The summed E-state index contributed by atoms with van der Waals surface area (Å²) in [6, 6.07) is 17.3. The summed E-state index contributed by atoms with van der Waals surface area (Å²) in [5.74, 6) is 8.67. The van der Waals surface area contributed by atoms with Gasteiger partial charge in [-0.15, -0.1) is 0 Å². The first kappa shape index (κ1) is 21.8. The van der Waals surface area contributed by atoms with E-state index in [9.17, 15) is 0 Å². The quantitative estimate of drug-likeness (QED) is 0.261. The van der Waals surface area contributed by atoms with Gasteiger partial charge in [0.05, 0.1) is 34.2 Å². The second-order valence-corrected chi connectivity index (χ2v) is 9.45.